The Balaban J connectivity index is 1.86. The van der Waals surface area contributed by atoms with E-state index in [0.29, 0.717) is 17.8 Å². The number of rotatable bonds is 7. The van der Waals surface area contributed by atoms with Crippen molar-refractivity contribution < 1.29 is 0 Å². The molecule has 0 aliphatic carbocycles. The summed E-state index contributed by atoms with van der Waals surface area (Å²) in [6.07, 6.45) is 7.30. The number of unbranched alkanes of at least 4 members (excludes halogenated alkanes) is 1. The Labute approximate surface area is 127 Å². The van der Waals surface area contributed by atoms with Crippen LogP contribution >= 0.6 is 0 Å². The van der Waals surface area contributed by atoms with Crippen LogP contribution in [0.3, 0.4) is 0 Å². The van der Waals surface area contributed by atoms with Crippen LogP contribution in [0, 0.1) is 5.92 Å². The summed E-state index contributed by atoms with van der Waals surface area (Å²) in [7, 11) is 0. The molecular formula is C15H28N6. The van der Waals surface area contributed by atoms with Gasteiger partial charge < -0.3 is 16.0 Å². The Morgan fingerprint density at radius 2 is 1.86 bits per heavy atom. The topological polar surface area (TPSA) is 80.0 Å². The van der Waals surface area contributed by atoms with Gasteiger partial charge in [0.15, 0.2) is 0 Å². The standard InChI is InChI=1S/C15H28N6/c1-12(2)8-4-5-9-17-14-18-13(16)19-15(20-14)21-10-6-3-7-11-21/h12H,3-11H2,1-2H3,(H3,16,17,18,19,20). The lowest BCUT2D eigenvalue weighted by Gasteiger charge is -2.26. The second-order valence-corrected chi connectivity index (χ2v) is 6.18. The van der Waals surface area contributed by atoms with Crippen molar-refractivity contribution in [3.05, 3.63) is 0 Å². The fourth-order valence-electron chi connectivity index (χ4n) is 2.57. The molecule has 6 nitrogen and oxygen atoms in total. The maximum absolute atomic E-state index is 5.81. The third kappa shape index (κ3) is 5.36. The number of nitrogens with one attached hydrogen (secondary N) is 1. The lowest BCUT2D eigenvalue weighted by molar-refractivity contribution is 0.544. The first-order chi connectivity index (χ1) is 10.1. The first kappa shape index (κ1) is 15.8. The molecule has 0 bridgehead atoms. The lowest BCUT2D eigenvalue weighted by atomic mass is 10.1. The van der Waals surface area contributed by atoms with Crippen molar-refractivity contribution in [2.24, 2.45) is 5.92 Å². The van der Waals surface area contributed by atoms with Crippen LogP contribution in [-0.4, -0.2) is 34.6 Å². The van der Waals surface area contributed by atoms with Crippen molar-refractivity contribution in [3.63, 3.8) is 0 Å². The summed E-state index contributed by atoms with van der Waals surface area (Å²) in [6, 6.07) is 0. The van der Waals surface area contributed by atoms with Crippen molar-refractivity contribution in [2.45, 2.75) is 52.4 Å². The zero-order valence-corrected chi connectivity index (χ0v) is 13.3. The SMILES string of the molecule is CC(C)CCCCNc1nc(N)nc(N2CCCCC2)n1. The first-order valence-electron chi connectivity index (χ1n) is 8.15. The molecule has 1 aliphatic rings. The first-order valence-corrected chi connectivity index (χ1v) is 8.15. The van der Waals surface area contributed by atoms with Gasteiger partial charge in [0.1, 0.15) is 0 Å². The van der Waals surface area contributed by atoms with Gasteiger partial charge in [0, 0.05) is 19.6 Å². The molecule has 1 aromatic heterocycles. The highest BCUT2D eigenvalue weighted by Gasteiger charge is 2.15. The van der Waals surface area contributed by atoms with Gasteiger partial charge in [0.25, 0.3) is 0 Å². The second-order valence-electron chi connectivity index (χ2n) is 6.18. The summed E-state index contributed by atoms with van der Waals surface area (Å²) in [5.41, 5.74) is 5.81. The van der Waals surface area contributed by atoms with Crippen LogP contribution in [0.25, 0.3) is 0 Å². The summed E-state index contributed by atoms with van der Waals surface area (Å²) in [5, 5.41) is 3.27. The van der Waals surface area contributed by atoms with E-state index in [2.05, 4.69) is 39.0 Å². The van der Waals surface area contributed by atoms with Gasteiger partial charge in [-0.2, -0.15) is 15.0 Å². The molecule has 0 atom stereocenters. The molecule has 21 heavy (non-hydrogen) atoms. The number of hydrogen-bond donors (Lipinski definition) is 2. The van der Waals surface area contributed by atoms with Gasteiger partial charge in [-0.1, -0.05) is 26.7 Å². The summed E-state index contributed by atoms with van der Waals surface area (Å²) < 4.78 is 0. The minimum absolute atomic E-state index is 0.301. The van der Waals surface area contributed by atoms with Gasteiger partial charge in [-0.05, 0) is 31.6 Å². The largest absolute Gasteiger partial charge is 0.368 e. The monoisotopic (exact) mass is 292 g/mol. The van der Waals surface area contributed by atoms with Crippen LogP contribution < -0.4 is 16.0 Å². The Morgan fingerprint density at radius 1 is 1.10 bits per heavy atom. The zero-order chi connectivity index (χ0) is 15.1. The smallest absolute Gasteiger partial charge is 0.231 e. The number of nitrogen functional groups attached to an aromatic ring is 1. The molecule has 1 aromatic rings. The Kier molecular flexibility index (Phi) is 6.02. The maximum Gasteiger partial charge on any atom is 0.231 e. The van der Waals surface area contributed by atoms with E-state index >= 15 is 0 Å². The van der Waals surface area contributed by atoms with Gasteiger partial charge in [0.2, 0.25) is 17.8 Å². The summed E-state index contributed by atoms with van der Waals surface area (Å²) in [4.78, 5) is 15.1. The van der Waals surface area contributed by atoms with Crippen LogP contribution in [0.5, 0.6) is 0 Å². The van der Waals surface area contributed by atoms with E-state index in [1.807, 2.05) is 0 Å². The molecule has 2 rings (SSSR count). The minimum Gasteiger partial charge on any atom is -0.368 e. The predicted octanol–water partition coefficient (Wildman–Crippen LogP) is 2.68. The van der Waals surface area contributed by atoms with E-state index in [9.17, 15) is 0 Å². The van der Waals surface area contributed by atoms with Crippen molar-refractivity contribution in [2.75, 3.05) is 35.6 Å². The number of anilines is 3. The highest BCUT2D eigenvalue weighted by Crippen LogP contribution is 2.17. The summed E-state index contributed by atoms with van der Waals surface area (Å²) >= 11 is 0. The fourth-order valence-corrected chi connectivity index (χ4v) is 2.57. The van der Waals surface area contributed by atoms with Gasteiger partial charge in [-0.25, -0.2) is 0 Å². The van der Waals surface area contributed by atoms with Crippen molar-refractivity contribution in [3.8, 4) is 0 Å². The molecule has 1 aliphatic heterocycles. The molecule has 2 heterocycles. The molecule has 118 valence electrons. The van der Waals surface area contributed by atoms with E-state index in [-0.39, 0.29) is 0 Å². The zero-order valence-electron chi connectivity index (χ0n) is 13.3. The molecule has 6 heteroatoms. The average molecular weight is 292 g/mol. The van der Waals surface area contributed by atoms with Crippen molar-refractivity contribution in [1.82, 2.24) is 15.0 Å². The van der Waals surface area contributed by atoms with Crippen LogP contribution in [0.1, 0.15) is 52.4 Å². The van der Waals surface area contributed by atoms with Gasteiger partial charge in [-0.3, -0.25) is 0 Å². The lowest BCUT2D eigenvalue weighted by Crippen LogP contribution is -2.31. The fraction of sp³-hybridized carbons (Fsp3) is 0.800. The molecule has 0 spiro atoms. The third-order valence-electron chi connectivity index (χ3n) is 3.77. The molecule has 1 fully saturated rings. The van der Waals surface area contributed by atoms with E-state index in [4.69, 9.17) is 5.73 Å². The quantitative estimate of drug-likeness (QED) is 0.752. The maximum atomic E-state index is 5.81. The van der Waals surface area contributed by atoms with E-state index in [0.717, 1.165) is 32.0 Å². The number of piperidine rings is 1. The molecule has 0 unspecified atom stereocenters. The number of nitrogens with zero attached hydrogens (tertiary/aromatic N) is 4. The Hall–Kier alpha value is -1.59. The number of aromatic nitrogens is 3. The number of nitrogens with two attached hydrogens (primary N) is 1. The molecule has 1 saturated heterocycles. The predicted molar refractivity (Wildman–Crippen MR) is 87.5 cm³/mol. The van der Waals surface area contributed by atoms with E-state index in [1.54, 1.807) is 0 Å². The number of hydrogen-bond acceptors (Lipinski definition) is 6. The van der Waals surface area contributed by atoms with Crippen LogP contribution in [0.2, 0.25) is 0 Å². The Morgan fingerprint density at radius 3 is 2.57 bits per heavy atom. The molecule has 0 amide bonds. The van der Waals surface area contributed by atoms with Crippen LogP contribution in [-0.2, 0) is 0 Å². The summed E-state index contributed by atoms with van der Waals surface area (Å²) in [5.74, 6) is 2.39. The van der Waals surface area contributed by atoms with Crippen molar-refractivity contribution in [1.29, 1.82) is 0 Å². The molecule has 0 saturated carbocycles. The average Bonchev–Trinajstić information content (AvgIpc) is 2.47. The highest BCUT2D eigenvalue weighted by atomic mass is 15.3. The van der Waals surface area contributed by atoms with Crippen LogP contribution in [0.4, 0.5) is 17.8 Å². The molecule has 0 aromatic carbocycles. The second kappa shape index (κ2) is 8.00. The van der Waals surface area contributed by atoms with Gasteiger partial charge in [0.05, 0.1) is 0 Å². The van der Waals surface area contributed by atoms with Gasteiger partial charge in [-0.15, -0.1) is 0 Å². The van der Waals surface area contributed by atoms with E-state index in [1.165, 1.54) is 32.1 Å². The summed E-state index contributed by atoms with van der Waals surface area (Å²) in [6.45, 7) is 7.42. The van der Waals surface area contributed by atoms with Crippen molar-refractivity contribution >= 4 is 17.8 Å². The molecule has 0 radical (unpaired) electrons. The Bertz CT molecular complexity index is 428. The normalized spacial score (nSPS) is 15.5. The third-order valence-corrected chi connectivity index (χ3v) is 3.77. The van der Waals surface area contributed by atoms with Crippen LogP contribution in [0.15, 0.2) is 0 Å². The molecular weight excluding hydrogens is 264 g/mol. The molecule has 3 N–H and O–H groups in total. The van der Waals surface area contributed by atoms with E-state index < -0.39 is 0 Å². The van der Waals surface area contributed by atoms with Gasteiger partial charge >= 0.3 is 0 Å². The highest BCUT2D eigenvalue weighted by molar-refractivity contribution is 5.42. The minimum atomic E-state index is 0.301.